The van der Waals surface area contributed by atoms with Gasteiger partial charge in [-0.3, -0.25) is 0 Å². The van der Waals surface area contributed by atoms with Gasteiger partial charge in [0.05, 0.1) is 5.60 Å². The van der Waals surface area contributed by atoms with E-state index < -0.39 is 11.6 Å². The van der Waals surface area contributed by atoms with Crippen molar-refractivity contribution in [3.63, 3.8) is 0 Å². The molecule has 1 aromatic rings. The van der Waals surface area contributed by atoms with Gasteiger partial charge in [0, 0.05) is 6.07 Å². The summed E-state index contributed by atoms with van der Waals surface area (Å²) in [6.45, 7) is 4.31. The predicted octanol–water partition coefficient (Wildman–Crippen LogP) is 3.53. The third-order valence-electron chi connectivity index (χ3n) is 3.99. The Balaban J connectivity index is 2.42. The van der Waals surface area contributed by atoms with Gasteiger partial charge >= 0.3 is 0 Å². The Labute approximate surface area is 117 Å². The lowest BCUT2D eigenvalue weighted by molar-refractivity contribution is 0.0585. The maximum atomic E-state index is 13.0. The van der Waals surface area contributed by atoms with Crippen molar-refractivity contribution in [2.45, 2.75) is 58.0 Å². The molecule has 0 spiro atoms. The van der Waals surface area contributed by atoms with Gasteiger partial charge in [-0.1, -0.05) is 20.3 Å². The van der Waals surface area contributed by atoms with Crippen LogP contribution in [0.15, 0.2) is 18.2 Å². The normalized spacial score (nSPS) is 12.0. The first kappa shape index (κ1) is 16.3. The summed E-state index contributed by atoms with van der Waals surface area (Å²) >= 11 is 0. The number of aryl methyl sites for hydroxylation is 1. The van der Waals surface area contributed by atoms with Crippen molar-refractivity contribution in [2.75, 3.05) is 0 Å². The van der Waals surface area contributed by atoms with E-state index in [1.165, 1.54) is 12.1 Å². The molecule has 0 bridgehead atoms. The van der Waals surface area contributed by atoms with Crippen LogP contribution in [0.25, 0.3) is 0 Å². The molecule has 0 saturated carbocycles. The lowest BCUT2D eigenvalue weighted by Crippen LogP contribution is -2.30. The molecule has 0 unspecified atom stereocenters. The molecule has 0 saturated heterocycles. The van der Waals surface area contributed by atoms with Gasteiger partial charge in [-0.05, 0) is 49.8 Å². The van der Waals surface area contributed by atoms with Crippen molar-refractivity contribution >= 4 is 10.5 Å². The molecule has 0 aliphatic rings. The van der Waals surface area contributed by atoms with E-state index in [1.807, 2.05) is 0 Å². The van der Waals surface area contributed by atoms with Crippen LogP contribution in [0.3, 0.4) is 0 Å². The van der Waals surface area contributed by atoms with E-state index in [0.717, 1.165) is 60.6 Å². The summed E-state index contributed by atoms with van der Waals surface area (Å²) in [6, 6.07) is 3.75. The molecule has 0 aliphatic carbocycles. The van der Waals surface area contributed by atoms with Crippen molar-refractivity contribution < 1.29 is 13.2 Å². The standard InChI is InChI=1S/C15H24F2OSi/c1-3-15(4-2,18-19)8-6-5-7-12-9-13(16)11-14(17)10-12/h9-11H,3-8H2,1-2,19H3. The lowest BCUT2D eigenvalue weighted by atomic mass is 9.90. The predicted molar refractivity (Wildman–Crippen MR) is 78.3 cm³/mol. The molecule has 0 atom stereocenters. The molecule has 1 aromatic carbocycles. The quantitative estimate of drug-likeness (QED) is 0.525. The Morgan fingerprint density at radius 3 is 2.11 bits per heavy atom. The molecule has 0 amide bonds. The summed E-state index contributed by atoms with van der Waals surface area (Å²) in [5, 5.41) is 0. The SMILES string of the molecule is CCC(CC)(CCCCc1cc(F)cc(F)c1)O[SiH3]. The van der Waals surface area contributed by atoms with E-state index in [4.69, 9.17) is 4.43 Å². The second-order valence-electron chi connectivity index (χ2n) is 5.08. The van der Waals surface area contributed by atoms with Gasteiger partial charge in [-0.15, -0.1) is 0 Å². The zero-order chi connectivity index (χ0) is 14.3. The van der Waals surface area contributed by atoms with Gasteiger partial charge in [0.25, 0.3) is 0 Å². The van der Waals surface area contributed by atoms with Crippen molar-refractivity contribution in [2.24, 2.45) is 0 Å². The van der Waals surface area contributed by atoms with Crippen LogP contribution >= 0.6 is 0 Å². The molecule has 0 fully saturated rings. The van der Waals surface area contributed by atoms with Gasteiger partial charge in [0.1, 0.15) is 22.1 Å². The number of hydrogen-bond donors (Lipinski definition) is 0. The first-order valence-corrected chi connectivity index (χ1v) is 7.87. The fourth-order valence-corrected chi connectivity index (χ4v) is 3.31. The van der Waals surface area contributed by atoms with Crippen LogP contribution in [-0.4, -0.2) is 16.1 Å². The Bertz CT molecular complexity index is 363. The molecular formula is C15H24F2OSi. The molecule has 0 radical (unpaired) electrons. The average molecular weight is 286 g/mol. The zero-order valence-electron chi connectivity index (χ0n) is 12.1. The summed E-state index contributed by atoms with van der Waals surface area (Å²) < 4.78 is 31.8. The highest BCUT2D eigenvalue weighted by Gasteiger charge is 2.23. The lowest BCUT2D eigenvalue weighted by Gasteiger charge is -2.31. The fraction of sp³-hybridized carbons (Fsp3) is 0.600. The zero-order valence-corrected chi connectivity index (χ0v) is 14.1. The van der Waals surface area contributed by atoms with E-state index in [1.54, 1.807) is 0 Å². The van der Waals surface area contributed by atoms with E-state index in [-0.39, 0.29) is 5.60 Å². The Kier molecular flexibility index (Phi) is 6.65. The van der Waals surface area contributed by atoms with Gasteiger partial charge < -0.3 is 4.43 Å². The third-order valence-corrected chi connectivity index (χ3v) is 4.86. The van der Waals surface area contributed by atoms with Crippen LogP contribution in [0, 0.1) is 11.6 Å². The molecule has 0 aromatic heterocycles. The first-order valence-electron chi connectivity index (χ1n) is 7.05. The summed E-state index contributed by atoms with van der Waals surface area (Å²) in [6.07, 6.45) is 5.78. The summed E-state index contributed by atoms with van der Waals surface area (Å²) in [5.74, 6) is -0.983. The smallest absolute Gasteiger partial charge is 0.146 e. The Morgan fingerprint density at radius 2 is 1.63 bits per heavy atom. The number of benzene rings is 1. The van der Waals surface area contributed by atoms with E-state index in [0.29, 0.717) is 0 Å². The van der Waals surface area contributed by atoms with Crippen LogP contribution in [-0.2, 0) is 10.8 Å². The molecule has 108 valence electrons. The van der Waals surface area contributed by atoms with Crippen molar-refractivity contribution in [1.82, 2.24) is 0 Å². The Hall–Kier alpha value is -0.743. The molecule has 1 rings (SSSR count). The van der Waals surface area contributed by atoms with Crippen LogP contribution < -0.4 is 0 Å². The van der Waals surface area contributed by atoms with Crippen LogP contribution in [0.4, 0.5) is 8.78 Å². The molecular weight excluding hydrogens is 262 g/mol. The topological polar surface area (TPSA) is 9.23 Å². The Morgan fingerprint density at radius 1 is 1.05 bits per heavy atom. The molecule has 4 heteroatoms. The van der Waals surface area contributed by atoms with E-state index in [9.17, 15) is 8.78 Å². The van der Waals surface area contributed by atoms with E-state index >= 15 is 0 Å². The number of rotatable bonds is 8. The molecule has 0 aliphatic heterocycles. The summed E-state index contributed by atoms with van der Waals surface area (Å²) in [5.41, 5.74) is 0.766. The average Bonchev–Trinajstić information content (AvgIpc) is 2.39. The number of hydrogen-bond acceptors (Lipinski definition) is 1. The molecule has 19 heavy (non-hydrogen) atoms. The molecule has 0 N–H and O–H groups in total. The highest BCUT2D eigenvalue weighted by Crippen LogP contribution is 2.26. The minimum Gasteiger partial charge on any atom is -0.422 e. The second-order valence-corrected chi connectivity index (χ2v) is 5.49. The minimum atomic E-state index is -0.491. The van der Waals surface area contributed by atoms with Crippen molar-refractivity contribution in [1.29, 1.82) is 0 Å². The number of halogens is 2. The minimum absolute atomic E-state index is 0.0272. The summed E-state index contributed by atoms with van der Waals surface area (Å²) in [7, 11) is 0.758. The van der Waals surface area contributed by atoms with Gasteiger partial charge in [0.15, 0.2) is 0 Å². The summed E-state index contributed by atoms with van der Waals surface area (Å²) in [4.78, 5) is 0. The van der Waals surface area contributed by atoms with E-state index in [2.05, 4.69) is 13.8 Å². The largest absolute Gasteiger partial charge is 0.422 e. The first-order chi connectivity index (χ1) is 9.05. The molecule has 1 nitrogen and oxygen atoms in total. The molecule has 0 heterocycles. The third kappa shape index (κ3) is 5.03. The van der Waals surface area contributed by atoms with Crippen molar-refractivity contribution in [3.8, 4) is 0 Å². The maximum absolute atomic E-state index is 13.0. The maximum Gasteiger partial charge on any atom is 0.146 e. The highest BCUT2D eigenvalue weighted by molar-refractivity contribution is 5.98. The fourth-order valence-electron chi connectivity index (χ4n) is 2.53. The van der Waals surface area contributed by atoms with Crippen LogP contribution in [0.5, 0.6) is 0 Å². The second kappa shape index (κ2) is 7.75. The van der Waals surface area contributed by atoms with Crippen molar-refractivity contribution in [3.05, 3.63) is 35.4 Å². The van der Waals surface area contributed by atoms with Gasteiger partial charge in [-0.25, -0.2) is 8.78 Å². The monoisotopic (exact) mass is 286 g/mol. The number of unbranched alkanes of at least 4 members (excludes halogenated alkanes) is 1. The highest BCUT2D eigenvalue weighted by atomic mass is 28.2. The van der Waals surface area contributed by atoms with Gasteiger partial charge in [-0.2, -0.15) is 0 Å². The van der Waals surface area contributed by atoms with Gasteiger partial charge in [0.2, 0.25) is 0 Å². The van der Waals surface area contributed by atoms with Crippen LogP contribution in [0.2, 0.25) is 0 Å². The van der Waals surface area contributed by atoms with Crippen LogP contribution in [0.1, 0.15) is 51.5 Å².